The molecule has 0 amide bonds. The van der Waals surface area contributed by atoms with E-state index in [0.717, 1.165) is 13.1 Å². The van der Waals surface area contributed by atoms with Crippen molar-refractivity contribution in [2.75, 3.05) is 23.4 Å². The molecule has 76 valence electrons. The summed E-state index contributed by atoms with van der Waals surface area (Å²) in [6.07, 6.45) is 1.77. The van der Waals surface area contributed by atoms with Gasteiger partial charge in [0, 0.05) is 31.0 Å². The van der Waals surface area contributed by atoms with Gasteiger partial charge in [-0.05, 0) is 11.5 Å². The lowest BCUT2D eigenvalue weighted by molar-refractivity contribution is 0.276. The third-order valence-electron chi connectivity index (χ3n) is 2.49. The Labute approximate surface area is 84.1 Å². The minimum atomic E-state index is 0.444. The molecule has 0 spiro atoms. The Morgan fingerprint density at radius 3 is 2.79 bits per heavy atom. The summed E-state index contributed by atoms with van der Waals surface area (Å²) in [7, 11) is 0. The van der Waals surface area contributed by atoms with E-state index in [0.29, 0.717) is 11.2 Å². The van der Waals surface area contributed by atoms with E-state index in [1.165, 1.54) is 5.69 Å². The van der Waals surface area contributed by atoms with Crippen LogP contribution in [-0.2, 0) is 0 Å². The maximum absolute atomic E-state index is 5.30. The fourth-order valence-electron chi connectivity index (χ4n) is 1.86. The van der Waals surface area contributed by atoms with Crippen LogP contribution in [0.3, 0.4) is 0 Å². The zero-order valence-corrected chi connectivity index (χ0v) is 8.62. The van der Waals surface area contributed by atoms with Crippen LogP contribution in [0, 0.1) is 5.41 Å². The highest BCUT2D eigenvalue weighted by Crippen LogP contribution is 2.33. The second kappa shape index (κ2) is 3.13. The summed E-state index contributed by atoms with van der Waals surface area (Å²) < 4.78 is 0. The quantitative estimate of drug-likeness (QED) is 0.546. The Hall–Kier alpha value is -1.29. The van der Waals surface area contributed by atoms with Gasteiger partial charge in [0.1, 0.15) is 5.82 Å². The predicted molar refractivity (Wildman–Crippen MR) is 58.0 cm³/mol. The van der Waals surface area contributed by atoms with Crippen LogP contribution in [0.5, 0.6) is 0 Å². The molecular formula is C10H16N4. The average molecular weight is 192 g/mol. The van der Waals surface area contributed by atoms with Gasteiger partial charge in [-0.25, -0.2) is 10.8 Å². The molecule has 1 fully saturated rings. The molecule has 1 aromatic heterocycles. The number of hydrogen-bond acceptors (Lipinski definition) is 4. The van der Waals surface area contributed by atoms with Gasteiger partial charge in [-0.3, -0.25) is 0 Å². The molecule has 0 bridgehead atoms. The standard InChI is InChI=1S/C10H16N4/c1-10(2)6-14(7-10)8-3-4-12-9(5-8)13-11/h3-5H,6-7,11H2,1-2H3,(H,12,13). The topological polar surface area (TPSA) is 54.2 Å². The molecule has 0 radical (unpaired) electrons. The van der Waals surface area contributed by atoms with E-state index in [2.05, 4.69) is 29.2 Å². The smallest absolute Gasteiger partial charge is 0.141 e. The third kappa shape index (κ3) is 1.65. The normalized spacial score (nSPS) is 18.9. The van der Waals surface area contributed by atoms with Crippen molar-refractivity contribution in [2.24, 2.45) is 11.3 Å². The van der Waals surface area contributed by atoms with Crippen molar-refractivity contribution >= 4 is 11.5 Å². The highest BCUT2D eigenvalue weighted by atomic mass is 15.3. The van der Waals surface area contributed by atoms with Crippen molar-refractivity contribution in [2.45, 2.75) is 13.8 Å². The molecule has 4 heteroatoms. The molecule has 0 aliphatic carbocycles. The summed E-state index contributed by atoms with van der Waals surface area (Å²) in [5.41, 5.74) is 4.18. The third-order valence-corrected chi connectivity index (χ3v) is 2.49. The lowest BCUT2D eigenvalue weighted by atomic mass is 9.84. The Bertz CT molecular complexity index is 327. The molecule has 0 aromatic carbocycles. The van der Waals surface area contributed by atoms with Gasteiger partial charge < -0.3 is 10.3 Å². The van der Waals surface area contributed by atoms with Crippen LogP contribution in [-0.4, -0.2) is 18.1 Å². The van der Waals surface area contributed by atoms with Crippen molar-refractivity contribution in [3.05, 3.63) is 18.3 Å². The molecule has 14 heavy (non-hydrogen) atoms. The van der Waals surface area contributed by atoms with Gasteiger partial charge in [-0.1, -0.05) is 13.8 Å². The molecule has 0 unspecified atom stereocenters. The molecule has 2 heterocycles. The second-order valence-electron chi connectivity index (χ2n) is 4.56. The monoisotopic (exact) mass is 192 g/mol. The molecule has 0 saturated carbocycles. The molecule has 2 rings (SSSR count). The maximum Gasteiger partial charge on any atom is 0.141 e. The van der Waals surface area contributed by atoms with Gasteiger partial charge in [0.25, 0.3) is 0 Å². The highest BCUT2D eigenvalue weighted by Gasteiger charge is 2.34. The number of hydrogen-bond donors (Lipinski definition) is 2. The first-order chi connectivity index (χ1) is 6.61. The van der Waals surface area contributed by atoms with Gasteiger partial charge in [0.15, 0.2) is 0 Å². The molecule has 1 aliphatic heterocycles. The minimum absolute atomic E-state index is 0.444. The summed E-state index contributed by atoms with van der Waals surface area (Å²) in [6, 6.07) is 3.98. The van der Waals surface area contributed by atoms with Crippen LogP contribution in [0.4, 0.5) is 11.5 Å². The lowest BCUT2D eigenvalue weighted by Gasteiger charge is -2.47. The average Bonchev–Trinajstić information content (AvgIpc) is 2.14. The summed E-state index contributed by atoms with van der Waals surface area (Å²) in [5, 5.41) is 0. The Morgan fingerprint density at radius 2 is 2.21 bits per heavy atom. The van der Waals surface area contributed by atoms with E-state index in [-0.39, 0.29) is 0 Å². The summed E-state index contributed by atoms with van der Waals surface area (Å²) >= 11 is 0. The van der Waals surface area contributed by atoms with E-state index in [1.54, 1.807) is 6.20 Å². The predicted octanol–water partition coefficient (Wildman–Crippen LogP) is 1.21. The van der Waals surface area contributed by atoms with Gasteiger partial charge in [0.05, 0.1) is 0 Å². The van der Waals surface area contributed by atoms with Crippen molar-refractivity contribution < 1.29 is 0 Å². The van der Waals surface area contributed by atoms with Crippen LogP contribution in [0.15, 0.2) is 18.3 Å². The summed E-state index contributed by atoms with van der Waals surface area (Å²) in [6.45, 7) is 6.74. The van der Waals surface area contributed by atoms with Crippen LogP contribution in [0.1, 0.15) is 13.8 Å². The van der Waals surface area contributed by atoms with Crippen LogP contribution in [0.2, 0.25) is 0 Å². The van der Waals surface area contributed by atoms with E-state index in [9.17, 15) is 0 Å². The zero-order chi connectivity index (χ0) is 10.2. The second-order valence-corrected chi connectivity index (χ2v) is 4.56. The molecule has 1 saturated heterocycles. The number of nitrogen functional groups attached to an aromatic ring is 1. The zero-order valence-electron chi connectivity index (χ0n) is 8.62. The van der Waals surface area contributed by atoms with Crippen molar-refractivity contribution in [1.82, 2.24) is 4.98 Å². The molecule has 1 aliphatic rings. The fourth-order valence-corrected chi connectivity index (χ4v) is 1.86. The summed E-state index contributed by atoms with van der Waals surface area (Å²) in [5.74, 6) is 6.02. The number of rotatable bonds is 2. The SMILES string of the molecule is CC1(C)CN(c2ccnc(NN)c2)C1. The first-order valence-corrected chi connectivity index (χ1v) is 4.78. The van der Waals surface area contributed by atoms with E-state index < -0.39 is 0 Å². The van der Waals surface area contributed by atoms with Crippen molar-refractivity contribution in [1.29, 1.82) is 0 Å². The summed E-state index contributed by atoms with van der Waals surface area (Å²) in [4.78, 5) is 6.39. The van der Waals surface area contributed by atoms with E-state index in [4.69, 9.17) is 5.84 Å². The molecular weight excluding hydrogens is 176 g/mol. The van der Waals surface area contributed by atoms with Gasteiger partial charge in [-0.15, -0.1) is 0 Å². The van der Waals surface area contributed by atoms with Gasteiger partial charge in [-0.2, -0.15) is 0 Å². The van der Waals surface area contributed by atoms with E-state index in [1.807, 2.05) is 12.1 Å². The number of hydrazine groups is 1. The molecule has 0 atom stereocenters. The number of nitrogens with zero attached hydrogens (tertiary/aromatic N) is 2. The fraction of sp³-hybridized carbons (Fsp3) is 0.500. The molecule has 1 aromatic rings. The number of nitrogens with one attached hydrogen (secondary N) is 1. The number of aromatic nitrogens is 1. The van der Waals surface area contributed by atoms with Gasteiger partial charge in [0.2, 0.25) is 0 Å². The van der Waals surface area contributed by atoms with Crippen LogP contribution >= 0.6 is 0 Å². The van der Waals surface area contributed by atoms with Crippen molar-refractivity contribution in [3.63, 3.8) is 0 Å². The number of nitrogens with two attached hydrogens (primary N) is 1. The van der Waals surface area contributed by atoms with Crippen molar-refractivity contribution in [3.8, 4) is 0 Å². The maximum atomic E-state index is 5.30. The Kier molecular flexibility index (Phi) is 2.07. The molecule has 4 nitrogen and oxygen atoms in total. The largest absolute Gasteiger partial charge is 0.370 e. The Balaban J connectivity index is 2.11. The first-order valence-electron chi connectivity index (χ1n) is 4.78. The Morgan fingerprint density at radius 1 is 1.50 bits per heavy atom. The van der Waals surface area contributed by atoms with Crippen LogP contribution in [0.25, 0.3) is 0 Å². The molecule has 3 N–H and O–H groups in total. The number of anilines is 2. The minimum Gasteiger partial charge on any atom is -0.370 e. The van der Waals surface area contributed by atoms with Gasteiger partial charge >= 0.3 is 0 Å². The lowest BCUT2D eigenvalue weighted by Crippen LogP contribution is -2.53. The van der Waals surface area contributed by atoms with Crippen LogP contribution < -0.4 is 16.2 Å². The highest BCUT2D eigenvalue weighted by molar-refractivity contribution is 5.55. The first kappa shape index (κ1) is 9.27. The number of pyridine rings is 1. The van der Waals surface area contributed by atoms with E-state index >= 15 is 0 Å².